The van der Waals surface area contributed by atoms with Gasteiger partial charge in [0.25, 0.3) is 0 Å². The predicted octanol–water partition coefficient (Wildman–Crippen LogP) is 1.47. The zero-order chi connectivity index (χ0) is 11.6. The maximum Gasteiger partial charge on any atom is 0.0547 e. The van der Waals surface area contributed by atoms with Crippen LogP contribution in [0.2, 0.25) is 0 Å². The first-order valence-corrected chi connectivity index (χ1v) is 6.56. The maximum absolute atomic E-state index is 5.93. The molecule has 2 fully saturated rings. The van der Waals surface area contributed by atoms with Gasteiger partial charge in [0.05, 0.1) is 6.61 Å². The summed E-state index contributed by atoms with van der Waals surface area (Å²) in [5.41, 5.74) is 6.72. The lowest BCUT2D eigenvalue weighted by Crippen LogP contribution is -2.47. The lowest BCUT2D eigenvalue weighted by atomic mass is 9.81. The van der Waals surface area contributed by atoms with Gasteiger partial charge in [-0.3, -0.25) is 0 Å². The van der Waals surface area contributed by atoms with Gasteiger partial charge < -0.3 is 15.4 Å². The molecule has 1 atom stereocenters. The molecule has 3 nitrogen and oxygen atoms in total. The summed E-state index contributed by atoms with van der Waals surface area (Å²) in [7, 11) is 0. The fourth-order valence-corrected chi connectivity index (χ4v) is 2.79. The number of hydrogen-bond donors (Lipinski definition) is 1. The van der Waals surface area contributed by atoms with Crippen LogP contribution in [0.3, 0.4) is 0 Å². The predicted molar refractivity (Wildman–Crippen MR) is 66.4 cm³/mol. The van der Waals surface area contributed by atoms with Gasteiger partial charge in [0, 0.05) is 25.1 Å². The van der Waals surface area contributed by atoms with E-state index < -0.39 is 0 Å². The summed E-state index contributed by atoms with van der Waals surface area (Å²) in [6.07, 6.45) is 3.77. The third-order valence-corrected chi connectivity index (χ3v) is 4.39. The van der Waals surface area contributed by atoms with Gasteiger partial charge in [-0.05, 0) is 37.8 Å². The Hall–Kier alpha value is -0.120. The molecule has 2 aliphatic rings. The van der Waals surface area contributed by atoms with E-state index in [-0.39, 0.29) is 5.41 Å². The van der Waals surface area contributed by atoms with Crippen LogP contribution in [-0.4, -0.2) is 44.3 Å². The Labute approximate surface area is 99.3 Å². The molecule has 0 spiro atoms. The second kappa shape index (κ2) is 4.63. The lowest BCUT2D eigenvalue weighted by molar-refractivity contribution is 0.0732. The molecule has 2 aliphatic heterocycles. The molecule has 1 unspecified atom stereocenters. The molecule has 0 amide bonds. The van der Waals surface area contributed by atoms with Gasteiger partial charge in [0.2, 0.25) is 0 Å². The average molecular weight is 226 g/mol. The molecule has 3 heteroatoms. The van der Waals surface area contributed by atoms with E-state index in [9.17, 15) is 0 Å². The first-order chi connectivity index (χ1) is 7.55. The highest BCUT2D eigenvalue weighted by Gasteiger charge is 2.37. The summed E-state index contributed by atoms with van der Waals surface area (Å²) < 4.78 is 5.53. The van der Waals surface area contributed by atoms with Crippen molar-refractivity contribution in [2.45, 2.75) is 33.1 Å². The van der Waals surface area contributed by atoms with Crippen LogP contribution in [0, 0.1) is 10.8 Å². The smallest absolute Gasteiger partial charge is 0.0547 e. The van der Waals surface area contributed by atoms with Crippen LogP contribution in [0.1, 0.15) is 33.1 Å². The molecule has 0 aliphatic carbocycles. The van der Waals surface area contributed by atoms with Crippen molar-refractivity contribution >= 4 is 0 Å². The highest BCUT2D eigenvalue weighted by atomic mass is 16.5. The zero-order valence-electron chi connectivity index (χ0n) is 10.8. The van der Waals surface area contributed by atoms with Crippen molar-refractivity contribution < 1.29 is 4.74 Å². The molecule has 0 aromatic carbocycles. The van der Waals surface area contributed by atoms with Crippen molar-refractivity contribution in [2.24, 2.45) is 16.6 Å². The van der Waals surface area contributed by atoms with Gasteiger partial charge in [0.15, 0.2) is 0 Å². The van der Waals surface area contributed by atoms with Crippen LogP contribution in [0.25, 0.3) is 0 Å². The minimum absolute atomic E-state index is 0.251. The van der Waals surface area contributed by atoms with Crippen LogP contribution >= 0.6 is 0 Å². The summed E-state index contributed by atoms with van der Waals surface area (Å²) in [6, 6.07) is 0. The summed E-state index contributed by atoms with van der Waals surface area (Å²) in [5, 5.41) is 0. The summed E-state index contributed by atoms with van der Waals surface area (Å²) >= 11 is 0. The van der Waals surface area contributed by atoms with Crippen molar-refractivity contribution in [2.75, 3.05) is 39.4 Å². The van der Waals surface area contributed by atoms with Crippen molar-refractivity contribution in [3.8, 4) is 0 Å². The quantitative estimate of drug-likeness (QED) is 0.792. The molecule has 0 aromatic heterocycles. The first kappa shape index (κ1) is 12.3. The summed E-state index contributed by atoms with van der Waals surface area (Å²) in [5.74, 6) is 0. The van der Waals surface area contributed by atoms with Crippen molar-refractivity contribution in [1.82, 2.24) is 4.90 Å². The molecule has 2 rings (SSSR count). The second-order valence-corrected chi connectivity index (χ2v) is 6.45. The van der Waals surface area contributed by atoms with Crippen molar-refractivity contribution in [1.29, 1.82) is 0 Å². The van der Waals surface area contributed by atoms with Gasteiger partial charge in [-0.15, -0.1) is 0 Å². The Morgan fingerprint density at radius 1 is 1.19 bits per heavy atom. The van der Waals surface area contributed by atoms with E-state index in [4.69, 9.17) is 10.5 Å². The summed E-state index contributed by atoms with van der Waals surface area (Å²) in [6.45, 7) is 10.9. The molecule has 0 aromatic rings. The molecule has 94 valence electrons. The second-order valence-electron chi connectivity index (χ2n) is 6.45. The van der Waals surface area contributed by atoms with Crippen LogP contribution in [-0.2, 0) is 4.74 Å². The third-order valence-electron chi connectivity index (χ3n) is 4.39. The Morgan fingerprint density at radius 2 is 1.88 bits per heavy atom. The van der Waals surface area contributed by atoms with Crippen LogP contribution in [0.4, 0.5) is 0 Å². The highest BCUT2D eigenvalue weighted by Crippen LogP contribution is 2.33. The third kappa shape index (κ3) is 2.76. The Kier molecular flexibility index (Phi) is 3.57. The highest BCUT2D eigenvalue weighted by molar-refractivity contribution is 4.89. The number of ether oxygens (including phenoxy) is 1. The van der Waals surface area contributed by atoms with Crippen molar-refractivity contribution in [3.05, 3.63) is 0 Å². The van der Waals surface area contributed by atoms with Crippen LogP contribution in [0.5, 0.6) is 0 Å². The molecule has 2 heterocycles. The van der Waals surface area contributed by atoms with Gasteiger partial charge in [-0.25, -0.2) is 0 Å². The van der Waals surface area contributed by atoms with E-state index in [2.05, 4.69) is 18.7 Å². The van der Waals surface area contributed by atoms with Crippen LogP contribution in [0.15, 0.2) is 0 Å². The van der Waals surface area contributed by atoms with Gasteiger partial charge in [-0.2, -0.15) is 0 Å². The van der Waals surface area contributed by atoms with Gasteiger partial charge in [0.1, 0.15) is 0 Å². The number of nitrogens with zero attached hydrogens (tertiary/aromatic N) is 1. The largest absolute Gasteiger partial charge is 0.381 e. The van der Waals surface area contributed by atoms with E-state index in [0.717, 1.165) is 32.7 Å². The Bertz CT molecular complexity index is 224. The number of nitrogens with two attached hydrogens (primary N) is 1. The lowest BCUT2D eigenvalue weighted by Gasteiger charge is -2.40. The molecule has 2 N–H and O–H groups in total. The molecular weight excluding hydrogens is 200 g/mol. The fourth-order valence-electron chi connectivity index (χ4n) is 2.79. The monoisotopic (exact) mass is 226 g/mol. The Morgan fingerprint density at radius 3 is 2.38 bits per heavy atom. The van der Waals surface area contributed by atoms with Gasteiger partial charge >= 0.3 is 0 Å². The number of likely N-dealkylation sites (tertiary alicyclic amines) is 1. The van der Waals surface area contributed by atoms with Gasteiger partial charge in [-0.1, -0.05) is 13.8 Å². The number of hydrogen-bond acceptors (Lipinski definition) is 3. The maximum atomic E-state index is 5.93. The fraction of sp³-hybridized carbons (Fsp3) is 1.00. The normalized spacial score (nSPS) is 35.4. The molecule has 0 radical (unpaired) electrons. The molecular formula is C13H26N2O. The Balaban J connectivity index is 1.86. The minimum Gasteiger partial charge on any atom is -0.381 e. The minimum atomic E-state index is 0.251. The van der Waals surface area contributed by atoms with E-state index in [1.807, 2.05) is 0 Å². The zero-order valence-corrected chi connectivity index (χ0v) is 10.8. The number of rotatable bonds is 3. The number of piperidine rings is 1. The molecule has 2 saturated heterocycles. The van der Waals surface area contributed by atoms with E-state index in [1.54, 1.807) is 0 Å². The molecule has 0 saturated carbocycles. The standard InChI is InChI=1S/C13H26N2O/c1-12(2)3-6-15(7-4-12)10-13(9-14)5-8-16-11-13/h3-11,14H2,1-2H3. The topological polar surface area (TPSA) is 38.5 Å². The van der Waals surface area contributed by atoms with E-state index in [1.165, 1.54) is 25.9 Å². The average Bonchev–Trinajstić information content (AvgIpc) is 2.71. The first-order valence-electron chi connectivity index (χ1n) is 6.56. The summed E-state index contributed by atoms with van der Waals surface area (Å²) in [4.78, 5) is 2.59. The SMILES string of the molecule is CC1(C)CCN(CC2(CN)CCOC2)CC1. The van der Waals surface area contributed by atoms with Crippen LogP contribution < -0.4 is 5.73 Å². The van der Waals surface area contributed by atoms with Crippen molar-refractivity contribution in [3.63, 3.8) is 0 Å². The molecule has 0 bridgehead atoms. The van der Waals surface area contributed by atoms with E-state index in [0.29, 0.717) is 5.41 Å². The van der Waals surface area contributed by atoms with E-state index >= 15 is 0 Å². The molecule has 16 heavy (non-hydrogen) atoms.